The summed E-state index contributed by atoms with van der Waals surface area (Å²) in [7, 11) is 1.33. The van der Waals surface area contributed by atoms with Crippen molar-refractivity contribution in [3.8, 4) is 0 Å². The van der Waals surface area contributed by atoms with E-state index < -0.39 is 17.2 Å². The quantitative estimate of drug-likeness (QED) is 0.460. The highest BCUT2D eigenvalue weighted by molar-refractivity contribution is 5.71. The number of methoxy groups -OCH3 is 1. The van der Waals surface area contributed by atoms with Crippen LogP contribution in [0, 0.1) is 5.92 Å². The van der Waals surface area contributed by atoms with Crippen LogP contribution in [0.4, 0.5) is 0 Å². The van der Waals surface area contributed by atoms with Crippen molar-refractivity contribution >= 4 is 5.97 Å². The molecule has 0 amide bonds. The van der Waals surface area contributed by atoms with E-state index in [9.17, 15) is 9.90 Å². The van der Waals surface area contributed by atoms with Gasteiger partial charge in [0, 0.05) is 0 Å². The van der Waals surface area contributed by atoms with Crippen LogP contribution in [-0.2, 0) is 14.3 Å². The number of ether oxygens (including phenoxy) is 2. The Bertz CT molecular complexity index is 364. The average molecular weight is 240 g/mol. The first-order chi connectivity index (χ1) is 7.82. The number of carbonyl (C=O) groups is 1. The number of rotatable bonds is 3. The number of fused-ring (bicyclic) bond motifs is 1. The number of hydrogen-bond acceptors (Lipinski definition) is 4. The topological polar surface area (TPSA) is 59.1 Å². The van der Waals surface area contributed by atoms with E-state index in [-0.39, 0.29) is 18.4 Å². The van der Waals surface area contributed by atoms with Crippen LogP contribution in [0.3, 0.4) is 0 Å². The zero-order valence-electron chi connectivity index (χ0n) is 10.7. The second kappa shape index (κ2) is 3.82. The molecule has 1 saturated carbocycles. The molecule has 0 spiro atoms. The second-order valence-corrected chi connectivity index (χ2v) is 5.48. The van der Waals surface area contributed by atoms with Crippen molar-refractivity contribution in [1.82, 2.24) is 0 Å². The van der Waals surface area contributed by atoms with Crippen molar-refractivity contribution in [2.24, 2.45) is 5.92 Å². The Labute approximate surface area is 102 Å². The molecule has 4 heteroatoms. The Hall–Kier alpha value is -0.870. The van der Waals surface area contributed by atoms with E-state index in [1.807, 2.05) is 13.8 Å². The second-order valence-electron chi connectivity index (χ2n) is 5.48. The molecule has 1 N–H and O–H groups in total. The third-order valence-corrected chi connectivity index (χ3v) is 4.31. The van der Waals surface area contributed by atoms with Crippen LogP contribution in [0.25, 0.3) is 0 Å². The fourth-order valence-electron chi connectivity index (χ4n) is 2.83. The van der Waals surface area contributed by atoms with E-state index in [4.69, 9.17) is 4.74 Å². The van der Waals surface area contributed by atoms with Gasteiger partial charge >= 0.3 is 5.97 Å². The molecular weight excluding hydrogens is 220 g/mol. The largest absolute Gasteiger partial charge is 0.469 e. The molecule has 1 saturated heterocycles. The molecule has 96 valence electrons. The summed E-state index contributed by atoms with van der Waals surface area (Å²) in [6.45, 7) is 7.76. The van der Waals surface area contributed by atoms with Crippen LogP contribution in [0.15, 0.2) is 12.2 Å². The third-order valence-electron chi connectivity index (χ3n) is 4.31. The summed E-state index contributed by atoms with van der Waals surface area (Å²) >= 11 is 0. The number of allylic oxidation sites excluding steroid dienone is 1. The van der Waals surface area contributed by atoms with Crippen LogP contribution >= 0.6 is 0 Å². The highest BCUT2D eigenvalue weighted by Gasteiger charge is 2.69. The standard InChI is InChI=1S/C13H20O4/c1-8(2)9-5-10-12(3,17-10)13(15,6-9)7-11(14)16-4/h9-10,15H,1,5-7H2,2-4H3. The summed E-state index contributed by atoms with van der Waals surface area (Å²) < 4.78 is 10.3. The molecule has 2 fully saturated rings. The van der Waals surface area contributed by atoms with Crippen molar-refractivity contribution in [1.29, 1.82) is 0 Å². The zero-order chi connectivity index (χ0) is 12.8. The van der Waals surface area contributed by atoms with Gasteiger partial charge in [0.2, 0.25) is 0 Å². The van der Waals surface area contributed by atoms with E-state index in [2.05, 4.69) is 11.3 Å². The first-order valence-corrected chi connectivity index (χ1v) is 5.95. The summed E-state index contributed by atoms with van der Waals surface area (Å²) in [5.74, 6) is -0.185. The molecule has 0 aromatic carbocycles. The van der Waals surface area contributed by atoms with Crippen molar-refractivity contribution in [2.45, 2.75) is 50.4 Å². The van der Waals surface area contributed by atoms with Crippen molar-refractivity contribution in [3.63, 3.8) is 0 Å². The first-order valence-electron chi connectivity index (χ1n) is 5.95. The fraction of sp³-hybridized carbons (Fsp3) is 0.769. The first kappa shape index (κ1) is 12.6. The lowest BCUT2D eigenvalue weighted by Gasteiger charge is -2.38. The molecule has 0 bridgehead atoms. The van der Waals surface area contributed by atoms with Gasteiger partial charge in [-0.15, -0.1) is 0 Å². The minimum atomic E-state index is -1.13. The van der Waals surface area contributed by atoms with Crippen molar-refractivity contribution < 1.29 is 19.4 Å². The summed E-state index contributed by atoms with van der Waals surface area (Å²) in [4.78, 5) is 11.4. The van der Waals surface area contributed by atoms with Crippen LogP contribution in [0.1, 0.15) is 33.1 Å². The number of epoxide rings is 1. The van der Waals surface area contributed by atoms with Crippen LogP contribution in [0.2, 0.25) is 0 Å². The van der Waals surface area contributed by atoms with Gasteiger partial charge in [0.05, 0.1) is 19.6 Å². The van der Waals surface area contributed by atoms with Gasteiger partial charge in [0.1, 0.15) is 11.2 Å². The van der Waals surface area contributed by atoms with Crippen LogP contribution < -0.4 is 0 Å². The molecule has 1 aliphatic heterocycles. The predicted molar refractivity (Wildman–Crippen MR) is 62.4 cm³/mol. The molecule has 0 aromatic rings. The summed E-state index contributed by atoms with van der Waals surface area (Å²) in [6, 6.07) is 0. The maximum atomic E-state index is 11.4. The van der Waals surface area contributed by atoms with Gasteiger partial charge < -0.3 is 14.6 Å². The minimum Gasteiger partial charge on any atom is -0.469 e. The number of hydrogen-bond donors (Lipinski definition) is 1. The van der Waals surface area contributed by atoms with Crippen molar-refractivity contribution in [2.75, 3.05) is 7.11 Å². The van der Waals surface area contributed by atoms with Gasteiger partial charge in [-0.05, 0) is 32.6 Å². The molecule has 2 aliphatic rings. The molecule has 0 aromatic heterocycles. The Kier molecular flexibility index (Phi) is 2.83. The third kappa shape index (κ3) is 1.89. The van der Waals surface area contributed by atoms with E-state index in [1.165, 1.54) is 7.11 Å². The fourth-order valence-corrected chi connectivity index (χ4v) is 2.83. The predicted octanol–water partition coefficient (Wildman–Crippen LogP) is 1.42. The molecule has 4 atom stereocenters. The zero-order valence-corrected chi connectivity index (χ0v) is 10.7. The molecule has 4 nitrogen and oxygen atoms in total. The number of carbonyl (C=O) groups excluding carboxylic acids is 1. The Morgan fingerprint density at radius 1 is 1.65 bits per heavy atom. The molecule has 1 heterocycles. The van der Waals surface area contributed by atoms with E-state index >= 15 is 0 Å². The van der Waals surface area contributed by atoms with Crippen molar-refractivity contribution in [3.05, 3.63) is 12.2 Å². The normalized spacial score (nSPS) is 43.8. The maximum Gasteiger partial charge on any atom is 0.308 e. The molecule has 1 aliphatic carbocycles. The monoisotopic (exact) mass is 240 g/mol. The van der Waals surface area contributed by atoms with Crippen LogP contribution in [-0.4, -0.2) is 35.5 Å². The summed E-state index contributed by atoms with van der Waals surface area (Å²) in [5, 5.41) is 10.7. The minimum absolute atomic E-state index is 0.0136. The van der Waals surface area contributed by atoms with Gasteiger partial charge in [-0.1, -0.05) is 12.2 Å². The molecule has 17 heavy (non-hydrogen) atoms. The lowest BCUT2D eigenvalue weighted by atomic mass is 9.68. The van der Waals surface area contributed by atoms with Gasteiger partial charge in [-0.2, -0.15) is 0 Å². The highest BCUT2D eigenvalue weighted by atomic mass is 16.6. The lowest BCUT2D eigenvalue weighted by Crippen LogP contribution is -2.51. The van der Waals surface area contributed by atoms with E-state index in [0.717, 1.165) is 12.0 Å². The molecule has 2 rings (SSSR count). The number of aliphatic hydroxyl groups is 1. The maximum absolute atomic E-state index is 11.4. The van der Waals surface area contributed by atoms with Crippen LogP contribution in [0.5, 0.6) is 0 Å². The van der Waals surface area contributed by atoms with Gasteiger partial charge in [0.15, 0.2) is 0 Å². The Morgan fingerprint density at radius 3 is 2.82 bits per heavy atom. The molecular formula is C13H20O4. The SMILES string of the molecule is C=C(C)C1CC2OC2(C)C(O)(CC(=O)OC)C1. The average Bonchev–Trinajstić information content (AvgIpc) is 2.90. The highest BCUT2D eigenvalue weighted by Crippen LogP contribution is 2.57. The smallest absolute Gasteiger partial charge is 0.308 e. The number of esters is 1. The Balaban J connectivity index is 2.18. The van der Waals surface area contributed by atoms with E-state index in [0.29, 0.717) is 6.42 Å². The van der Waals surface area contributed by atoms with Gasteiger partial charge in [-0.3, -0.25) is 4.79 Å². The van der Waals surface area contributed by atoms with E-state index in [1.54, 1.807) is 0 Å². The summed E-state index contributed by atoms with van der Waals surface area (Å²) in [6.07, 6.45) is 1.42. The molecule has 0 radical (unpaired) electrons. The molecule has 4 unspecified atom stereocenters. The van der Waals surface area contributed by atoms with Gasteiger partial charge in [0.25, 0.3) is 0 Å². The van der Waals surface area contributed by atoms with Gasteiger partial charge in [-0.25, -0.2) is 0 Å². The Morgan fingerprint density at radius 2 is 2.29 bits per heavy atom. The summed E-state index contributed by atoms with van der Waals surface area (Å²) in [5.41, 5.74) is -0.689. The lowest BCUT2D eigenvalue weighted by molar-refractivity contribution is -0.151.